The van der Waals surface area contributed by atoms with Gasteiger partial charge in [-0.15, -0.1) is 11.8 Å². The van der Waals surface area contributed by atoms with Crippen molar-refractivity contribution in [2.24, 2.45) is 5.92 Å². The molecule has 1 aliphatic rings. The molecule has 1 aromatic rings. The van der Waals surface area contributed by atoms with E-state index in [1.165, 1.54) is 10.5 Å². The third kappa shape index (κ3) is 4.00. The van der Waals surface area contributed by atoms with Crippen LogP contribution in [0.25, 0.3) is 0 Å². The van der Waals surface area contributed by atoms with Crippen molar-refractivity contribution in [2.75, 3.05) is 19.3 Å². The zero-order valence-corrected chi connectivity index (χ0v) is 13.0. The molecule has 0 amide bonds. The maximum Gasteiger partial charge on any atom is 0.307 e. The van der Waals surface area contributed by atoms with E-state index in [9.17, 15) is 4.79 Å². The molecule has 0 aliphatic carbocycles. The molecule has 0 aromatic heterocycles. The fourth-order valence-electron chi connectivity index (χ4n) is 2.84. The van der Waals surface area contributed by atoms with Gasteiger partial charge in [-0.05, 0) is 56.7 Å². The molecule has 0 spiro atoms. The molecule has 1 fully saturated rings. The second-order valence-electron chi connectivity index (χ2n) is 5.57. The van der Waals surface area contributed by atoms with Crippen LogP contribution in [0.4, 0.5) is 0 Å². The van der Waals surface area contributed by atoms with Crippen molar-refractivity contribution in [2.45, 2.75) is 37.1 Å². The van der Waals surface area contributed by atoms with Crippen molar-refractivity contribution in [3.63, 3.8) is 0 Å². The molecule has 1 saturated heterocycles. The number of hydrogen-bond acceptors (Lipinski definition) is 3. The molecule has 1 N–H and O–H groups in total. The number of nitrogens with zero attached hydrogens (tertiary/aromatic N) is 1. The van der Waals surface area contributed by atoms with Crippen LogP contribution in [0.2, 0.25) is 0 Å². The minimum Gasteiger partial charge on any atom is -0.481 e. The molecule has 1 aromatic carbocycles. The lowest BCUT2D eigenvalue weighted by molar-refractivity contribution is -0.143. The Kier molecular flexibility index (Phi) is 5.49. The Balaban J connectivity index is 1.93. The van der Waals surface area contributed by atoms with Crippen LogP contribution in [-0.4, -0.2) is 41.4 Å². The molecule has 0 saturated carbocycles. The van der Waals surface area contributed by atoms with E-state index >= 15 is 0 Å². The first-order chi connectivity index (χ1) is 9.60. The molecule has 2 atom stereocenters. The Labute approximate surface area is 125 Å². The van der Waals surface area contributed by atoms with Crippen molar-refractivity contribution >= 4 is 17.7 Å². The number of hydrogen-bond donors (Lipinski definition) is 1. The highest BCUT2D eigenvalue weighted by Crippen LogP contribution is 2.21. The van der Waals surface area contributed by atoms with Gasteiger partial charge in [0.05, 0.1) is 5.92 Å². The average molecular weight is 293 g/mol. The molecule has 3 nitrogen and oxygen atoms in total. The van der Waals surface area contributed by atoms with Gasteiger partial charge in [-0.3, -0.25) is 9.69 Å². The van der Waals surface area contributed by atoms with Gasteiger partial charge in [-0.2, -0.15) is 0 Å². The number of aliphatic carboxylic acids is 1. The van der Waals surface area contributed by atoms with Gasteiger partial charge >= 0.3 is 5.97 Å². The third-order valence-corrected chi connectivity index (χ3v) is 4.86. The van der Waals surface area contributed by atoms with Gasteiger partial charge in [0, 0.05) is 17.5 Å². The van der Waals surface area contributed by atoms with E-state index in [0.29, 0.717) is 12.6 Å². The Morgan fingerprint density at radius 3 is 2.75 bits per heavy atom. The molecule has 1 aliphatic heterocycles. The summed E-state index contributed by atoms with van der Waals surface area (Å²) in [6.45, 7) is 3.92. The minimum atomic E-state index is -0.647. The molecule has 2 rings (SSSR count). The van der Waals surface area contributed by atoms with Gasteiger partial charge in [-0.1, -0.05) is 12.1 Å². The average Bonchev–Trinajstić information content (AvgIpc) is 2.48. The predicted octanol–water partition coefficient (Wildman–Crippen LogP) is 3.14. The molecule has 1 heterocycles. The summed E-state index contributed by atoms with van der Waals surface area (Å²) in [7, 11) is 0. The highest BCUT2D eigenvalue weighted by molar-refractivity contribution is 7.98. The van der Waals surface area contributed by atoms with Crippen molar-refractivity contribution in [3.05, 3.63) is 29.8 Å². The fourth-order valence-corrected chi connectivity index (χ4v) is 3.25. The van der Waals surface area contributed by atoms with E-state index in [4.69, 9.17) is 5.11 Å². The summed E-state index contributed by atoms with van der Waals surface area (Å²) < 4.78 is 0. The van der Waals surface area contributed by atoms with Crippen LogP contribution < -0.4 is 0 Å². The zero-order chi connectivity index (χ0) is 14.5. The number of carboxylic acids is 1. The van der Waals surface area contributed by atoms with Crippen LogP contribution in [0.15, 0.2) is 29.2 Å². The summed E-state index contributed by atoms with van der Waals surface area (Å²) in [5.41, 5.74) is 1.33. The number of carboxylic acid groups (broad SMARTS) is 1. The van der Waals surface area contributed by atoms with Gasteiger partial charge in [0.15, 0.2) is 0 Å². The number of piperidine rings is 1. The van der Waals surface area contributed by atoms with Crippen molar-refractivity contribution in [3.8, 4) is 0 Å². The number of carbonyl (C=O) groups is 1. The van der Waals surface area contributed by atoms with E-state index in [2.05, 4.69) is 42.3 Å². The summed E-state index contributed by atoms with van der Waals surface area (Å²) in [5, 5.41) is 9.16. The fraction of sp³-hybridized carbons (Fsp3) is 0.562. The van der Waals surface area contributed by atoms with Crippen LogP contribution in [0.3, 0.4) is 0 Å². The van der Waals surface area contributed by atoms with Crippen molar-refractivity contribution < 1.29 is 9.90 Å². The molecule has 0 radical (unpaired) electrons. The largest absolute Gasteiger partial charge is 0.481 e. The lowest BCUT2D eigenvalue weighted by atomic mass is 9.95. The Bertz CT molecular complexity index is 446. The number of benzene rings is 1. The second kappa shape index (κ2) is 7.14. The van der Waals surface area contributed by atoms with E-state index in [1.807, 2.05) is 0 Å². The van der Waals surface area contributed by atoms with Gasteiger partial charge in [-0.25, -0.2) is 0 Å². The maximum atomic E-state index is 11.1. The summed E-state index contributed by atoms with van der Waals surface area (Å²) in [4.78, 5) is 14.7. The van der Waals surface area contributed by atoms with Crippen molar-refractivity contribution in [1.29, 1.82) is 0 Å². The van der Waals surface area contributed by atoms with Crippen LogP contribution >= 0.6 is 11.8 Å². The number of rotatable bonds is 5. The van der Waals surface area contributed by atoms with Crippen LogP contribution in [-0.2, 0) is 11.2 Å². The normalized spacial score (nSPS) is 21.6. The first-order valence-corrected chi connectivity index (χ1v) is 8.42. The van der Waals surface area contributed by atoms with E-state index < -0.39 is 5.97 Å². The van der Waals surface area contributed by atoms with Crippen LogP contribution in [0, 0.1) is 5.92 Å². The highest BCUT2D eigenvalue weighted by Gasteiger charge is 2.27. The maximum absolute atomic E-state index is 11.1. The van der Waals surface area contributed by atoms with Crippen LogP contribution in [0.1, 0.15) is 25.3 Å². The Morgan fingerprint density at radius 1 is 1.45 bits per heavy atom. The minimum absolute atomic E-state index is 0.190. The SMILES string of the molecule is CSc1ccc(CC(C)N2CCCC(C(=O)O)C2)cc1. The standard InChI is InChI=1S/C16H23NO2S/c1-12(10-13-5-7-15(20-2)8-6-13)17-9-3-4-14(11-17)16(18)19/h5-8,12,14H,3-4,9-11H2,1-2H3,(H,18,19). The smallest absolute Gasteiger partial charge is 0.307 e. The number of likely N-dealkylation sites (tertiary alicyclic amines) is 1. The number of thioether (sulfide) groups is 1. The molecule has 110 valence electrons. The zero-order valence-electron chi connectivity index (χ0n) is 12.2. The Morgan fingerprint density at radius 2 is 2.15 bits per heavy atom. The first-order valence-electron chi connectivity index (χ1n) is 7.20. The lowest BCUT2D eigenvalue weighted by Crippen LogP contribution is -2.44. The Hall–Kier alpha value is -1.00. The molecular weight excluding hydrogens is 270 g/mol. The second-order valence-corrected chi connectivity index (χ2v) is 6.45. The van der Waals surface area contributed by atoms with E-state index in [0.717, 1.165) is 25.8 Å². The van der Waals surface area contributed by atoms with E-state index in [1.54, 1.807) is 11.8 Å². The molecular formula is C16H23NO2S. The van der Waals surface area contributed by atoms with Gasteiger partial charge in [0.2, 0.25) is 0 Å². The summed E-state index contributed by atoms with van der Waals surface area (Å²) in [6.07, 6.45) is 4.88. The third-order valence-electron chi connectivity index (χ3n) is 4.12. The van der Waals surface area contributed by atoms with Gasteiger partial charge in [0.1, 0.15) is 0 Å². The predicted molar refractivity (Wildman–Crippen MR) is 83.3 cm³/mol. The van der Waals surface area contributed by atoms with Crippen molar-refractivity contribution in [1.82, 2.24) is 4.90 Å². The molecule has 20 heavy (non-hydrogen) atoms. The van der Waals surface area contributed by atoms with Gasteiger partial charge < -0.3 is 5.11 Å². The first kappa shape index (κ1) is 15.4. The van der Waals surface area contributed by atoms with Gasteiger partial charge in [0.25, 0.3) is 0 Å². The molecule has 4 heteroatoms. The lowest BCUT2D eigenvalue weighted by Gasteiger charge is -2.35. The molecule has 0 bridgehead atoms. The topological polar surface area (TPSA) is 40.5 Å². The van der Waals surface area contributed by atoms with Crippen LogP contribution in [0.5, 0.6) is 0 Å². The van der Waals surface area contributed by atoms with E-state index in [-0.39, 0.29) is 5.92 Å². The monoisotopic (exact) mass is 293 g/mol. The summed E-state index contributed by atoms with van der Waals surface area (Å²) >= 11 is 1.75. The summed E-state index contributed by atoms with van der Waals surface area (Å²) in [5.74, 6) is -0.837. The quantitative estimate of drug-likeness (QED) is 0.847. The molecule has 2 unspecified atom stereocenters. The summed E-state index contributed by atoms with van der Waals surface area (Å²) in [6, 6.07) is 9.07. The highest BCUT2D eigenvalue weighted by atomic mass is 32.2.